The highest BCUT2D eigenvalue weighted by atomic mass is 35.5. The number of carbonyl (C=O) groups excluding carboxylic acids is 1. The molecule has 1 aliphatic rings. The predicted molar refractivity (Wildman–Crippen MR) is 90.5 cm³/mol. The van der Waals surface area contributed by atoms with E-state index in [9.17, 15) is 9.90 Å². The molecule has 1 aromatic rings. The molecule has 1 amide bonds. The third-order valence-corrected chi connectivity index (χ3v) is 4.16. The Bertz CT molecular complexity index is 478. The van der Waals surface area contributed by atoms with Crippen molar-refractivity contribution in [1.29, 1.82) is 0 Å². The van der Waals surface area contributed by atoms with Crippen molar-refractivity contribution in [1.82, 2.24) is 15.1 Å². The number of aromatic hydroxyl groups is 1. The Balaban J connectivity index is 0.00000242. The molecule has 0 bridgehead atoms. The molecule has 5 nitrogen and oxygen atoms in total. The van der Waals surface area contributed by atoms with E-state index in [1.807, 2.05) is 24.1 Å². The van der Waals surface area contributed by atoms with Crippen LogP contribution in [0.15, 0.2) is 24.3 Å². The van der Waals surface area contributed by atoms with Crippen molar-refractivity contribution in [3.05, 3.63) is 29.8 Å². The van der Waals surface area contributed by atoms with Crippen LogP contribution in [0.3, 0.4) is 0 Å². The molecule has 1 aliphatic heterocycles. The monoisotopic (exact) mass is 327 g/mol. The standard InChI is InChI=1S/C16H25N3O2.ClH/c1-13(14-4-3-5-15(20)12-14)18(2)9-6-16(21)19-10-7-17-8-11-19;/h3-5,12-13,17,20H,6-11H2,1-2H3;1H. The number of phenols is 1. The lowest BCUT2D eigenvalue weighted by Crippen LogP contribution is -2.47. The summed E-state index contributed by atoms with van der Waals surface area (Å²) in [7, 11) is 2.01. The van der Waals surface area contributed by atoms with Gasteiger partial charge in [0, 0.05) is 45.2 Å². The molecule has 1 atom stereocenters. The zero-order chi connectivity index (χ0) is 15.2. The fraction of sp³-hybridized carbons (Fsp3) is 0.562. The van der Waals surface area contributed by atoms with Gasteiger partial charge >= 0.3 is 0 Å². The quantitative estimate of drug-likeness (QED) is 0.863. The van der Waals surface area contributed by atoms with Gasteiger partial charge in [-0.3, -0.25) is 9.69 Å². The molecule has 1 unspecified atom stereocenters. The van der Waals surface area contributed by atoms with Crippen LogP contribution in [-0.2, 0) is 4.79 Å². The molecule has 124 valence electrons. The fourth-order valence-electron chi connectivity index (χ4n) is 2.58. The topological polar surface area (TPSA) is 55.8 Å². The summed E-state index contributed by atoms with van der Waals surface area (Å²) >= 11 is 0. The van der Waals surface area contributed by atoms with Gasteiger partial charge in [0.05, 0.1) is 0 Å². The van der Waals surface area contributed by atoms with Crippen molar-refractivity contribution in [2.75, 3.05) is 39.8 Å². The van der Waals surface area contributed by atoms with Gasteiger partial charge in [0.1, 0.15) is 5.75 Å². The Kier molecular flexibility index (Phi) is 7.65. The highest BCUT2D eigenvalue weighted by Crippen LogP contribution is 2.22. The number of benzene rings is 1. The number of phenolic OH excluding ortho intramolecular Hbond substituents is 1. The average Bonchev–Trinajstić information content (AvgIpc) is 2.52. The Morgan fingerprint density at radius 2 is 2.09 bits per heavy atom. The van der Waals surface area contributed by atoms with E-state index in [0.29, 0.717) is 6.42 Å². The van der Waals surface area contributed by atoms with Gasteiger partial charge < -0.3 is 15.3 Å². The highest BCUT2D eigenvalue weighted by molar-refractivity contribution is 5.85. The molecule has 0 aliphatic carbocycles. The largest absolute Gasteiger partial charge is 0.508 e. The molecule has 1 saturated heterocycles. The van der Waals surface area contributed by atoms with Crippen LogP contribution in [0.5, 0.6) is 5.75 Å². The van der Waals surface area contributed by atoms with Gasteiger partial charge in [0.25, 0.3) is 0 Å². The molecule has 0 saturated carbocycles. The lowest BCUT2D eigenvalue weighted by atomic mass is 10.1. The van der Waals surface area contributed by atoms with Gasteiger partial charge in [0.2, 0.25) is 5.91 Å². The minimum Gasteiger partial charge on any atom is -0.508 e. The molecule has 2 N–H and O–H groups in total. The first-order valence-electron chi connectivity index (χ1n) is 7.55. The van der Waals surface area contributed by atoms with Gasteiger partial charge in [-0.15, -0.1) is 12.4 Å². The molecule has 1 aromatic carbocycles. The van der Waals surface area contributed by atoms with Crippen LogP contribution in [0.25, 0.3) is 0 Å². The van der Waals surface area contributed by atoms with Gasteiger partial charge in [-0.2, -0.15) is 0 Å². The Labute approximate surface area is 138 Å². The number of nitrogens with one attached hydrogen (secondary N) is 1. The summed E-state index contributed by atoms with van der Waals surface area (Å²) in [6, 6.07) is 7.47. The van der Waals surface area contributed by atoms with E-state index in [2.05, 4.69) is 17.1 Å². The summed E-state index contributed by atoms with van der Waals surface area (Å²) < 4.78 is 0. The van der Waals surface area contributed by atoms with E-state index in [0.717, 1.165) is 38.3 Å². The van der Waals surface area contributed by atoms with Crippen molar-refractivity contribution < 1.29 is 9.90 Å². The van der Waals surface area contributed by atoms with Crippen LogP contribution in [0.1, 0.15) is 24.9 Å². The van der Waals surface area contributed by atoms with Crippen molar-refractivity contribution in [2.24, 2.45) is 0 Å². The summed E-state index contributed by atoms with van der Waals surface area (Å²) in [6.45, 7) is 6.21. The normalized spacial score (nSPS) is 16.2. The highest BCUT2D eigenvalue weighted by Gasteiger charge is 2.18. The van der Waals surface area contributed by atoms with Gasteiger partial charge in [0.15, 0.2) is 0 Å². The molecule has 1 heterocycles. The van der Waals surface area contributed by atoms with Crippen LogP contribution < -0.4 is 5.32 Å². The summed E-state index contributed by atoms with van der Waals surface area (Å²) in [5.74, 6) is 0.510. The molecule has 0 aromatic heterocycles. The first-order valence-corrected chi connectivity index (χ1v) is 7.55. The zero-order valence-corrected chi connectivity index (χ0v) is 14.1. The van der Waals surface area contributed by atoms with E-state index in [4.69, 9.17) is 0 Å². The van der Waals surface area contributed by atoms with E-state index in [1.165, 1.54) is 0 Å². The first kappa shape index (κ1) is 18.7. The third kappa shape index (κ3) is 5.16. The first-order chi connectivity index (χ1) is 10.1. The molecule has 1 fully saturated rings. The molecule has 22 heavy (non-hydrogen) atoms. The number of halogens is 1. The molecular weight excluding hydrogens is 302 g/mol. The van der Waals surface area contributed by atoms with Gasteiger partial charge in [-0.05, 0) is 31.7 Å². The molecule has 6 heteroatoms. The fourth-order valence-corrected chi connectivity index (χ4v) is 2.58. The second kappa shape index (κ2) is 8.98. The average molecular weight is 328 g/mol. The maximum absolute atomic E-state index is 12.1. The lowest BCUT2D eigenvalue weighted by molar-refractivity contribution is -0.132. The molecule has 0 spiro atoms. The van der Waals surface area contributed by atoms with Gasteiger partial charge in [-0.25, -0.2) is 0 Å². The van der Waals surface area contributed by atoms with Crippen molar-refractivity contribution in [2.45, 2.75) is 19.4 Å². The number of piperazine rings is 1. The summed E-state index contributed by atoms with van der Waals surface area (Å²) in [4.78, 5) is 16.2. The van der Waals surface area contributed by atoms with Crippen LogP contribution in [-0.4, -0.2) is 60.6 Å². The van der Waals surface area contributed by atoms with Crippen molar-refractivity contribution >= 4 is 18.3 Å². The second-order valence-corrected chi connectivity index (χ2v) is 5.63. The number of hydrogen-bond acceptors (Lipinski definition) is 4. The maximum Gasteiger partial charge on any atom is 0.223 e. The lowest BCUT2D eigenvalue weighted by Gasteiger charge is -2.29. The van der Waals surface area contributed by atoms with E-state index in [-0.39, 0.29) is 30.1 Å². The zero-order valence-electron chi connectivity index (χ0n) is 13.3. The van der Waals surface area contributed by atoms with E-state index >= 15 is 0 Å². The molecular formula is C16H26ClN3O2. The van der Waals surface area contributed by atoms with Crippen molar-refractivity contribution in [3.8, 4) is 5.75 Å². The van der Waals surface area contributed by atoms with Gasteiger partial charge in [-0.1, -0.05) is 12.1 Å². The summed E-state index contributed by atoms with van der Waals surface area (Å²) in [6.07, 6.45) is 0.541. The SMILES string of the molecule is CC(c1cccc(O)c1)N(C)CCC(=O)N1CCNCC1.Cl. The van der Waals surface area contributed by atoms with E-state index < -0.39 is 0 Å². The van der Waals surface area contributed by atoms with Crippen molar-refractivity contribution in [3.63, 3.8) is 0 Å². The number of rotatable bonds is 5. The third-order valence-electron chi connectivity index (χ3n) is 4.16. The Morgan fingerprint density at radius 1 is 1.41 bits per heavy atom. The summed E-state index contributed by atoms with van der Waals surface area (Å²) in [5.41, 5.74) is 1.06. The van der Waals surface area contributed by atoms with Crippen LogP contribution >= 0.6 is 12.4 Å². The second-order valence-electron chi connectivity index (χ2n) is 5.63. The van der Waals surface area contributed by atoms with Crippen LogP contribution in [0.2, 0.25) is 0 Å². The van der Waals surface area contributed by atoms with Crippen LogP contribution in [0, 0.1) is 0 Å². The summed E-state index contributed by atoms with van der Waals surface area (Å²) in [5, 5.41) is 12.8. The molecule has 2 rings (SSSR count). The minimum atomic E-state index is 0. The number of hydrogen-bond donors (Lipinski definition) is 2. The number of amides is 1. The molecule has 0 radical (unpaired) electrons. The minimum absolute atomic E-state index is 0. The predicted octanol–water partition coefficient (Wildman–Crippen LogP) is 1.63. The number of nitrogens with zero attached hydrogens (tertiary/aromatic N) is 2. The Morgan fingerprint density at radius 3 is 2.73 bits per heavy atom. The maximum atomic E-state index is 12.1. The number of carbonyl (C=O) groups is 1. The van der Waals surface area contributed by atoms with Crippen LogP contribution in [0.4, 0.5) is 0 Å². The smallest absolute Gasteiger partial charge is 0.223 e. The Hall–Kier alpha value is -1.30. The van der Waals surface area contributed by atoms with E-state index in [1.54, 1.807) is 12.1 Å².